The first-order valence-electron chi connectivity index (χ1n) is 17.3. The van der Waals surface area contributed by atoms with Crippen LogP contribution in [0.2, 0.25) is 0 Å². The number of nitrogens with zero attached hydrogens (tertiary/aromatic N) is 2. The largest absolute Gasteiger partial charge is 0.323 e. The number of aryl methyl sites for hydroxylation is 4. The Balaban J connectivity index is 1.26. The molecule has 0 aliphatic heterocycles. The average molecular weight is 645 g/mol. The van der Waals surface area contributed by atoms with Gasteiger partial charge in [-0.05, 0) is 109 Å². The van der Waals surface area contributed by atoms with E-state index in [0.717, 1.165) is 11.4 Å². The number of benzene rings is 6. The lowest BCUT2D eigenvalue weighted by molar-refractivity contribution is 1.08. The van der Waals surface area contributed by atoms with E-state index >= 15 is 0 Å². The zero-order chi connectivity index (χ0) is 34.2. The summed E-state index contributed by atoms with van der Waals surface area (Å²) in [6, 6.07) is 52.9. The second kappa shape index (κ2) is 13.1. The van der Waals surface area contributed by atoms with Gasteiger partial charge in [-0.2, -0.15) is 0 Å². The number of hydrogen-bond donors (Lipinski definition) is 0. The molecule has 0 fully saturated rings. The van der Waals surface area contributed by atoms with Crippen molar-refractivity contribution in [3.63, 3.8) is 0 Å². The third-order valence-corrected chi connectivity index (χ3v) is 9.60. The topological polar surface area (TPSA) is 9.86 Å². The lowest BCUT2D eigenvalue weighted by Gasteiger charge is -2.13. The van der Waals surface area contributed by atoms with Crippen LogP contribution in [-0.4, -0.2) is 9.13 Å². The molecule has 6 aromatic carbocycles. The summed E-state index contributed by atoms with van der Waals surface area (Å²) in [4.78, 5) is 0. The summed E-state index contributed by atoms with van der Waals surface area (Å²) in [5, 5.41) is 0. The Labute approximate surface area is 295 Å². The van der Waals surface area contributed by atoms with Crippen molar-refractivity contribution in [1.82, 2.24) is 9.13 Å². The maximum absolute atomic E-state index is 2.36. The van der Waals surface area contributed by atoms with E-state index in [0.29, 0.717) is 0 Å². The Morgan fingerprint density at radius 3 is 0.960 bits per heavy atom. The first-order chi connectivity index (χ1) is 24.4. The first kappa shape index (κ1) is 31.2. The highest BCUT2D eigenvalue weighted by atomic mass is 15.0. The normalized spacial score (nSPS) is 11.2. The molecular weight excluding hydrogens is 605 g/mol. The molecule has 0 N–H and O–H groups in total. The molecule has 0 saturated carbocycles. The van der Waals surface area contributed by atoms with E-state index in [-0.39, 0.29) is 0 Å². The predicted molar refractivity (Wildman–Crippen MR) is 211 cm³/mol. The number of aromatic nitrogens is 2. The van der Waals surface area contributed by atoms with Crippen molar-refractivity contribution in [2.75, 3.05) is 0 Å². The van der Waals surface area contributed by atoms with Crippen molar-refractivity contribution in [1.29, 1.82) is 0 Å². The molecule has 0 saturated heterocycles. The number of rotatable bonds is 7. The maximum atomic E-state index is 2.36. The second-order valence-electron chi connectivity index (χ2n) is 13.6. The van der Waals surface area contributed by atoms with Gasteiger partial charge in [0, 0.05) is 58.4 Å². The van der Waals surface area contributed by atoms with Crippen molar-refractivity contribution in [3.8, 4) is 67.0 Å². The van der Waals surface area contributed by atoms with Crippen LogP contribution in [0.5, 0.6) is 0 Å². The Kier molecular flexibility index (Phi) is 8.14. The minimum absolute atomic E-state index is 1.15. The predicted octanol–water partition coefficient (Wildman–Crippen LogP) is 12.8. The van der Waals surface area contributed by atoms with Gasteiger partial charge in [-0.25, -0.2) is 0 Å². The van der Waals surface area contributed by atoms with Crippen molar-refractivity contribution < 1.29 is 0 Å². The lowest BCUT2D eigenvalue weighted by atomic mass is 9.91. The second-order valence-corrected chi connectivity index (χ2v) is 13.6. The highest BCUT2D eigenvalue weighted by Crippen LogP contribution is 2.40. The van der Waals surface area contributed by atoms with Crippen molar-refractivity contribution >= 4 is 0 Å². The average Bonchev–Trinajstić information content (AvgIpc) is 3.79. The quantitative estimate of drug-likeness (QED) is 0.163. The first-order valence-corrected chi connectivity index (χ1v) is 17.3. The molecular formula is C48H40N2. The zero-order valence-corrected chi connectivity index (χ0v) is 29.1. The van der Waals surface area contributed by atoms with Gasteiger partial charge in [-0.15, -0.1) is 0 Å². The van der Waals surface area contributed by atoms with E-state index in [1.165, 1.54) is 77.9 Å². The molecule has 0 bridgehead atoms. The monoisotopic (exact) mass is 644 g/mol. The summed E-state index contributed by atoms with van der Waals surface area (Å²) in [5.74, 6) is 0. The van der Waals surface area contributed by atoms with Crippen LogP contribution in [0, 0.1) is 27.7 Å². The van der Waals surface area contributed by atoms with Gasteiger partial charge < -0.3 is 9.13 Å². The van der Waals surface area contributed by atoms with Crippen LogP contribution in [-0.2, 0) is 0 Å². The smallest absolute Gasteiger partial charge is 0.0450 e. The fraction of sp³-hybridized carbons (Fsp3) is 0.0833. The van der Waals surface area contributed by atoms with Gasteiger partial charge in [0.25, 0.3) is 0 Å². The molecule has 0 unspecified atom stereocenters. The maximum Gasteiger partial charge on any atom is 0.0450 e. The molecule has 50 heavy (non-hydrogen) atoms. The minimum atomic E-state index is 1.15. The van der Waals surface area contributed by atoms with Crippen LogP contribution in [0.3, 0.4) is 0 Å². The van der Waals surface area contributed by atoms with Crippen LogP contribution in [0.15, 0.2) is 170 Å². The van der Waals surface area contributed by atoms with Gasteiger partial charge in [0.2, 0.25) is 0 Å². The molecule has 0 radical (unpaired) electrons. The fourth-order valence-corrected chi connectivity index (χ4v) is 7.01. The molecule has 0 aliphatic rings. The molecule has 8 aromatic rings. The fourth-order valence-electron chi connectivity index (χ4n) is 7.01. The molecule has 2 aromatic heterocycles. The van der Waals surface area contributed by atoms with Gasteiger partial charge in [-0.1, -0.05) is 120 Å². The number of hydrogen-bond acceptors (Lipinski definition) is 0. The van der Waals surface area contributed by atoms with Gasteiger partial charge in [0.05, 0.1) is 0 Å². The summed E-state index contributed by atoms with van der Waals surface area (Å²) in [7, 11) is 0. The third-order valence-electron chi connectivity index (χ3n) is 9.60. The Morgan fingerprint density at radius 1 is 0.280 bits per heavy atom. The van der Waals surface area contributed by atoms with E-state index in [1.807, 2.05) is 0 Å². The molecule has 0 amide bonds. The van der Waals surface area contributed by atoms with Crippen LogP contribution in [0.1, 0.15) is 22.3 Å². The van der Waals surface area contributed by atoms with E-state index in [4.69, 9.17) is 0 Å². The summed E-state index contributed by atoms with van der Waals surface area (Å²) in [5.41, 5.74) is 19.4. The molecule has 2 nitrogen and oxygen atoms in total. The van der Waals surface area contributed by atoms with E-state index in [1.54, 1.807) is 0 Å². The van der Waals surface area contributed by atoms with E-state index < -0.39 is 0 Å². The highest BCUT2D eigenvalue weighted by Gasteiger charge is 2.17. The van der Waals surface area contributed by atoms with Crippen LogP contribution in [0.4, 0.5) is 0 Å². The molecule has 0 aliphatic carbocycles. The van der Waals surface area contributed by atoms with Gasteiger partial charge >= 0.3 is 0 Å². The molecule has 0 spiro atoms. The van der Waals surface area contributed by atoms with Crippen LogP contribution >= 0.6 is 0 Å². The minimum Gasteiger partial charge on any atom is -0.323 e. The lowest BCUT2D eigenvalue weighted by Crippen LogP contribution is -1.90. The SMILES string of the molecule is Cc1ccc(-n2cc(-c3ccccc3)c(-c3cc(C)cc(-c4cc(C)cc(-c5cn(-c6ccc(C)cc6)cc5-c5ccccc5)c4)c3)c2)cc1. The Morgan fingerprint density at radius 2 is 0.600 bits per heavy atom. The zero-order valence-electron chi connectivity index (χ0n) is 29.1. The molecule has 0 atom stereocenters. The van der Waals surface area contributed by atoms with Gasteiger partial charge in [0.15, 0.2) is 0 Å². The van der Waals surface area contributed by atoms with E-state index in [9.17, 15) is 0 Å². The summed E-state index contributed by atoms with van der Waals surface area (Å²) in [6.45, 7) is 8.68. The van der Waals surface area contributed by atoms with E-state index in [2.05, 4.69) is 207 Å². The third kappa shape index (κ3) is 6.24. The summed E-state index contributed by atoms with van der Waals surface area (Å²) < 4.78 is 4.52. The highest BCUT2D eigenvalue weighted by molar-refractivity contribution is 5.89. The van der Waals surface area contributed by atoms with Gasteiger partial charge in [0.1, 0.15) is 0 Å². The molecule has 8 rings (SSSR count). The standard InChI is InChI=1S/C48H40N2/c1-33-15-19-43(20-16-33)49-29-45(37-11-7-5-8-12-37)47(31-49)41-25-35(3)23-39(27-41)40-24-36(4)26-42(28-40)48-32-50(44-21-17-34(2)18-22-44)30-46(48)38-13-9-6-10-14-38/h5-32H,1-4H3. The van der Waals surface area contributed by atoms with Crippen molar-refractivity contribution in [2.45, 2.75) is 27.7 Å². The summed E-state index contributed by atoms with van der Waals surface area (Å²) >= 11 is 0. The van der Waals surface area contributed by atoms with Crippen molar-refractivity contribution in [2.24, 2.45) is 0 Å². The molecule has 242 valence electrons. The summed E-state index contributed by atoms with van der Waals surface area (Å²) in [6.07, 6.45) is 9.11. The Hall–Kier alpha value is -6.12. The van der Waals surface area contributed by atoms with Gasteiger partial charge in [-0.3, -0.25) is 0 Å². The van der Waals surface area contributed by atoms with Crippen LogP contribution < -0.4 is 0 Å². The molecule has 2 heterocycles. The van der Waals surface area contributed by atoms with Crippen LogP contribution in [0.25, 0.3) is 67.0 Å². The molecule has 2 heteroatoms. The van der Waals surface area contributed by atoms with Crippen molar-refractivity contribution in [3.05, 3.63) is 193 Å². The Bertz CT molecular complexity index is 2250.